The number of thiophene rings is 1. The zero-order valence-electron chi connectivity index (χ0n) is 19.3. The Morgan fingerprint density at radius 1 is 1.17 bits per heavy atom. The Kier molecular flexibility index (Phi) is 8.84. The standard InChI is InChI=1S/C23H31N5O5S2/c29-18(21(32)25-10-7-15-3-2-12-34-15)19(30)22(33)28-11-1-4-17(28)16-13-35-23(26-16)27-20(31)14-5-8-24-9-6-14/h2-3,12-14,17-19,24,29-30H,1,4-11H2,(H,25,32)(H,26,27,31)/t17-,18-,19-/m1/s1. The van der Waals surface area contributed by atoms with E-state index in [9.17, 15) is 24.6 Å². The van der Waals surface area contributed by atoms with Gasteiger partial charge in [0.25, 0.3) is 11.8 Å². The molecule has 4 rings (SSSR count). The predicted molar refractivity (Wildman–Crippen MR) is 133 cm³/mol. The van der Waals surface area contributed by atoms with Gasteiger partial charge in [-0.25, -0.2) is 4.98 Å². The van der Waals surface area contributed by atoms with Gasteiger partial charge in [-0.15, -0.1) is 22.7 Å². The van der Waals surface area contributed by atoms with Crippen LogP contribution in [0.4, 0.5) is 5.13 Å². The van der Waals surface area contributed by atoms with Gasteiger partial charge in [0.15, 0.2) is 17.3 Å². The number of carbonyl (C=O) groups is 3. The highest BCUT2D eigenvalue weighted by Crippen LogP contribution is 2.34. The van der Waals surface area contributed by atoms with Crippen molar-refractivity contribution in [3.8, 4) is 0 Å². The molecule has 0 aliphatic carbocycles. The minimum absolute atomic E-state index is 0.0405. The molecule has 2 aliphatic rings. The molecular weight excluding hydrogens is 490 g/mol. The Hall–Kier alpha value is -2.38. The molecule has 0 bridgehead atoms. The van der Waals surface area contributed by atoms with Gasteiger partial charge in [0.1, 0.15) is 0 Å². The van der Waals surface area contributed by atoms with Crippen molar-refractivity contribution >= 4 is 45.5 Å². The smallest absolute Gasteiger partial charge is 0.255 e. The fourth-order valence-electron chi connectivity index (χ4n) is 4.44. The third-order valence-corrected chi connectivity index (χ3v) is 8.12. The fourth-order valence-corrected chi connectivity index (χ4v) is 5.91. The normalized spacial score (nSPS) is 20.4. The van der Waals surface area contributed by atoms with E-state index in [1.54, 1.807) is 16.7 Å². The van der Waals surface area contributed by atoms with Crippen molar-refractivity contribution in [2.24, 2.45) is 5.92 Å². The Bertz CT molecular complexity index is 1010. The molecule has 2 aliphatic heterocycles. The summed E-state index contributed by atoms with van der Waals surface area (Å²) in [5.74, 6) is -1.58. The van der Waals surface area contributed by atoms with Crippen LogP contribution in [0.25, 0.3) is 0 Å². The SMILES string of the molecule is O=C(Nc1nc([C@H]2CCCN2C(=O)[C@H](O)[C@@H](O)C(=O)NCCc2cccs2)cs1)C1CCNCC1. The second-order valence-corrected chi connectivity index (χ2v) is 10.7. The third kappa shape index (κ3) is 6.44. The number of carbonyl (C=O) groups excluding carboxylic acids is 3. The number of hydrogen-bond acceptors (Lipinski definition) is 9. The van der Waals surface area contributed by atoms with Crippen LogP contribution >= 0.6 is 22.7 Å². The fraction of sp³-hybridized carbons (Fsp3) is 0.565. The topological polar surface area (TPSA) is 144 Å². The van der Waals surface area contributed by atoms with Crippen molar-refractivity contribution in [1.29, 1.82) is 0 Å². The summed E-state index contributed by atoms with van der Waals surface area (Å²) in [4.78, 5) is 44.8. The molecule has 0 radical (unpaired) electrons. The lowest BCUT2D eigenvalue weighted by Gasteiger charge is -2.27. The molecule has 0 saturated carbocycles. The molecule has 2 aromatic rings. The van der Waals surface area contributed by atoms with Crippen LogP contribution < -0.4 is 16.0 Å². The third-order valence-electron chi connectivity index (χ3n) is 6.41. The number of piperidine rings is 1. The highest BCUT2D eigenvalue weighted by atomic mass is 32.1. The van der Waals surface area contributed by atoms with Crippen molar-refractivity contribution in [2.45, 2.75) is 50.4 Å². The van der Waals surface area contributed by atoms with Crippen molar-refractivity contribution in [1.82, 2.24) is 20.5 Å². The summed E-state index contributed by atoms with van der Waals surface area (Å²) in [6.45, 7) is 2.33. The van der Waals surface area contributed by atoms with E-state index in [1.165, 1.54) is 16.2 Å². The Morgan fingerprint density at radius 3 is 2.71 bits per heavy atom. The van der Waals surface area contributed by atoms with Gasteiger partial charge < -0.3 is 31.1 Å². The van der Waals surface area contributed by atoms with Crippen LogP contribution in [0.5, 0.6) is 0 Å². The van der Waals surface area contributed by atoms with Crippen LogP contribution in [0.1, 0.15) is 42.3 Å². The molecule has 2 fully saturated rings. The molecule has 0 aromatic carbocycles. The molecular formula is C23H31N5O5S2. The van der Waals surface area contributed by atoms with Gasteiger partial charge in [-0.2, -0.15) is 0 Å². The van der Waals surface area contributed by atoms with Crippen LogP contribution in [0.2, 0.25) is 0 Å². The molecule has 2 aromatic heterocycles. The maximum atomic E-state index is 13.0. The molecule has 3 atom stereocenters. The van der Waals surface area contributed by atoms with Crippen molar-refractivity contribution in [3.63, 3.8) is 0 Å². The van der Waals surface area contributed by atoms with Gasteiger partial charge in [-0.1, -0.05) is 6.07 Å². The quantitative estimate of drug-likeness (QED) is 0.330. The van der Waals surface area contributed by atoms with E-state index >= 15 is 0 Å². The van der Waals surface area contributed by atoms with Crippen molar-refractivity contribution in [2.75, 3.05) is 31.5 Å². The van der Waals surface area contributed by atoms with Gasteiger partial charge >= 0.3 is 0 Å². The van der Waals surface area contributed by atoms with Gasteiger partial charge in [-0.05, 0) is 56.6 Å². The Balaban J connectivity index is 1.31. The maximum absolute atomic E-state index is 13.0. The summed E-state index contributed by atoms with van der Waals surface area (Å²) in [7, 11) is 0. The number of anilines is 1. The summed E-state index contributed by atoms with van der Waals surface area (Å²) in [5, 5.41) is 33.6. The number of aromatic nitrogens is 1. The maximum Gasteiger partial charge on any atom is 0.255 e. The van der Waals surface area contributed by atoms with Gasteiger partial charge in [0, 0.05) is 29.3 Å². The number of thiazole rings is 1. The minimum Gasteiger partial charge on any atom is -0.380 e. The average molecular weight is 522 g/mol. The molecule has 5 N–H and O–H groups in total. The van der Waals surface area contributed by atoms with E-state index in [-0.39, 0.29) is 17.9 Å². The molecule has 4 heterocycles. The summed E-state index contributed by atoms with van der Waals surface area (Å²) in [6, 6.07) is 3.48. The average Bonchev–Trinajstić information content (AvgIpc) is 3.65. The second-order valence-electron chi connectivity index (χ2n) is 8.79. The molecule has 10 nitrogen and oxygen atoms in total. The van der Waals surface area contributed by atoms with Crippen molar-refractivity contribution in [3.05, 3.63) is 33.5 Å². The van der Waals surface area contributed by atoms with E-state index in [0.29, 0.717) is 43.2 Å². The van der Waals surface area contributed by atoms with Gasteiger partial charge in [0.2, 0.25) is 5.91 Å². The first-order valence-corrected chi connectivity index (χ1v) is 13.6. The van der Waals surface area contributed by atoms with Crippen LogP contribution in [0.3, 0.4) is 0 Å². The number of rotatable bonds is 9. The largest absolute Gasteiger partial charge is 0.380 e. The van der Waals surface area contributed by atoms with Crippen molar-refractivity contribution < 1.29 is 24.6 Å². The minimum atomic E-state index is -1.87. The first-order valence-electron chi connectivity index (χ1n) is 11.9. The summed E-state index contributed by atoms with van der Waals surface area (Å²) in [6.07, 6.45) is -0.187. The predicted octanol–water partition coefficient (Wildman–Crippen LogP) is 0.887. The molecule has 190 valence electrons. The molecule has 35 heavy (non-hydrogen) atoms. The number of nitrogens with zero attached hydrogens (tertiary/aromatic N) is 2. The van der Waals surface area contributed by atoms with Crippen LogP contribution in [0, 0.1) is 5.92 Å². The first kappa shape index (κ1) is 25.7. The number of amides is 3. The van der Waals surface area contributed by atoms with Crippen LogP contribution in [0.15, 0.2) is 22.9 Å². The highest BCUT2D eigenvalue weighted by molar-refractivity contribution is 7.14. The number of nitrogens with one attached hydrogen (secondary N) is 3. The van der Waals surface area contributed by atoms with E-state index in [0.717, 1.165) is 30.8 Å². The van der Waals surface area contributed by atoms with E-state index in [4.69, 9.17) is 0 Å². The number of likely N-dealkylation sites (tertiary alicyclic amines) is 1. The van der Waals surface area contributed by atoms with E-state index < -0.39 is 24.0 Å². The zero-order valence-corrected chi connectivity index (χ0v) is 20.9. The molecule has 2 saturated heterocycles. The van der Waals surface area contributed by atoms with E-state index in [1.807, 2.05) is 17.5 Å². The Morgan fingerprint density at radius 2 is 1.97 bits per heavy atom. The highest BCUT2D eigenvalue weighted by Gasteiger charge is 2.39. The summed E-state index contributed by atoms with van der Waals surface area (Å²) >= 11 is 2.86. The molecule has 3 amide bonds. The second kappa shape index (κ2) is 12.0. The number of aliphatic hydroxyl groups is 2. The van der Waals surface area contributed by atoms with Gasteiger partial charge in [0.05, 0.1) is 11.7 Å². The molecule has 12 heteroatoms. The van der Waals surface area contributed by atoms with Crippen LogP contribution in [-0.2, 0) is 20.8 Å². The Labute approximate surface area is 211 Å². The summed E-state index contributed by atoms with van der Waals surface area (Å²) in [5.41, 5.74) is 0.628. The van der Waals surface area contributed by atoms with Gasteiger partial charge in [-0.3, -0.25) is 14.4 Å². The van der Waals surface area contributed by atoms with Crippen LogP contribution in [-0.4, -0.2) is 76.2 Å². The molecule has 0 spiro atoms. The zero-order chi connectivity index (χ0) is 24.8. The lowest BCUT2D eigenvalue weighted by atomic mass is 9.97. The lowest BCUT2D eigenvalue weighted by Crippen LogP contribution is -2.50. The number of hydrogen-bond donors (Lipinski definition) is 5. The lowest BCUT2D eigenvalue weighted by molar-refractivity contribution is -0.153. The first-order chi connectivity index (χ1) is 16.9. The molecule has 0 unspecified atom stereocenters. The monoisotopic (exact) mass is 521 g/mol. The number of aliphatic hydroxyl groups excluding tert-OH is 2. The van der Waals surface area contributed by atoms with E-state index in [2.05, 4.69) is 20.9 Å². The summed E-state index contributed by atoms with van der Waals surface area (Å²) < 4.78 is 0.